The van der Waals surface area contributed by atoms with E-state index in [0.717, 1.165) is 5.69 Å². The van der Waals surface area contributed by atoms with Gasteiger partial charge in [0.2, 0.25) is 5.91 Å². The highest BCUT2D eigenvalue weighted by molar-refractivity contribution is 8.00. The first kappa shape index (κ1) is 18.1. The summed E-state index contributed by atoms with van der Waals surface area (Å²) in [5.41, 5.74) is 4.48. The SMILES string of the molecule is Cc1cc(C)c(SCC(=O)N(CCC#N)c2ccccc2)c(C)c1. The molecule has 0 aromatic heterocycles. The van der Waals surface area contributed by atoms with Gasteiger partial charge in [-0.15, -0.1) is 11.8 Å². The molecule has 0 atom stereocenters. The molecule has 0 heterocycles. The van der Waals surface area contributed by atoms with Crippen molar-refractivity contribution >= 4 is 23.4 Å². The zero-order chi connectivity index (χ0) is 17.5. The molecule has 0 unspecified atom stereocenters. The van der Waals surface area contributed by atoms with Crippen molar-refractivity contribution in [2.24, 2.45) is 0 Å². The second-order valence-corrected chi connectivity index (χ2v) is 6.79. The van der Waals surface area contributed by atoms with Gasteiger partial charge in [-0.3, -0.25) is 4.79 Å². The molecule has 0 N–H and O–H groups in total. The van der Waals surface area contributed by atoms with Gasteiger partial charge in [-0.05, 0) is 44.0 Å². The number of thioether (sulfide) groups is 1. The Morgan fingerprint density at radius 3 is 2.33 bits per heavy atom. The fourth-order valence-corrected chi connectivity index (χ4v) is 3.77. The van der Waals surface area contributed by atoms with Gasteiger partial charge < -0.3 is 4.90 Å². The molecule has 0 saturated carbocycles. The first-order valence-corrected chi connectivity index (χ1v) is 8.94. The first-order chi connectivity index (χ1) is 11.5. The van der Waals surface area contributed by atoms with Crippen molar-refractivity contribution in [3.05, 3.63) is 59.2 Å². The van der Waals surface area contributed by atoms with Crippen LogP contribution in [-0.4, -0.2) is 18.2 Å². The molecule has 1 amide bonds. The van der Waals surface area contributed by atoms with Crippen LogP contribution in [0, 0.1) is 32.1 Å². The van der Waals surface area contributed by atoms with Crippen LogP contribution in [0.5, 0.6) is 0 Å². The Morgan fingerprint density at radius 2 is 1.75 bits per heavy atom. The summed E-state index contributed by atoms with van der Waals surface area (Å²) in [7, 11) is 0. The molecule has 0 bridgehead atoms. The van der Waals surface area contributed by atoms with Gasteiger partial charge in [0.15, 0.2) is 0 Å². The number of hydrogen-bond donors (Lipinski definition) is 0. The van der Waals surface area contributed by atoms with Gasteiger partial charge in [0.1, 0.15) is 0 Å². The Balaban J connectivity index is 2.13. The van der Waals surface area contributed by atoms with E-state index in [9.17, 15) is 4.79 Å². The molecule has 0 fully saturated rings. The zero-order valence-electron chi connectivity index (χ0n) is 14.4. The van der Waals surface area contributed by atoms with E-state index >= 15 is 0 Å². The lowest BCUT2D eigenvalue weighted by Crippen LogP contribution is -2.33. The summed E-state index contributed by atoms with van der Waals surface area (Å²) in [5, 5.41) is 8.86. The molecular formula is C20H22N2OS. The summed E-state index contributed by atoms with van der Waals surface area (Å²) in [6, 6.07) is 16.0. The molecule has 2 aromatic rings. The Hall–Kier alpha value is -2.25. The summed E-state index contributed by atoms with van der Waals surface area (Å²) < 4.78 is 0. The number of aryl methyl sites for hydroxylation is 3. The second-order valence-electron chi connectivity index (χ2n) is 5.81. The van der Waals surface area contributed by atoms with Gasteiger partial charge in [-0.25, -0.2) is 0 Å². The normalized spacial score (nSPS) is 10.2. The van der Waals surface area contributed by atoms with E-state index < -0.39 is 0 Å². The van der Waals surface area contributed by atoms with Crippen molar-refractivity contribution < 1.29 is 4.79 Å². The van der Waals surface area contributed by atoms with E-state index in [1.807, 2.05) is 30.3 Å². The smallest absolute Gasteiger partial charge is 0.237 e. The molecule has 124 valence electrons. The van der Waals surface area contributed by atoms with Crippen molar-refractivity contribution in [3.8, 4) is 6.07 Å². The van der Waals surface area contributed by atoms with Crippen LogP contribution in [-0.2, 0) is 4.79 Å². The lowest BCUT2D eigenvalue weighted by molar-refractivity contribution is -0.116. The van der Waals surface area contributed by atoms with E-state index in [4.69, 9.17) is 5.26 Å². The van der Waals surface area contributed by atoms with E-state index in [1.165, 1.54) is 21.6 Å². The Kier molecular flexibility index (Phi) is 6.45. The molecule has 0 aliphatic heterocycles. The van der Waals surface area contributed by atoms with Crippen LogP contribution in [0.1, 0.15) is 23.1 Å². The molecule has 0 saturated heterocycles. The van der Waals surface area contributed by atoms with E-state index in [-0.39, 0.29) is 5.91 Å². The predicted molar refractivity (Wildman–Crippen MR) is 100 cm³/mol. The summed E-state index contributed by atoms with van der Waals surface area (Å²) in [6.45, 7) is 6.67. The van der Waals surface area contributed by atoms with Crippen molar-refractivity contribution in [3.63, 3.8) is 0 Å². The number of rotatable bonds is 6. The van der Waals surface area contributed by atoms with Crippen molar-refractivity contribution in [2.45, 2.75) is 32.1 Å². The molecule has 24 heavy (non-hydrogen) atoms. The highest BCUT2D eigenvalue weighted by Gasteiger charge is 2.16. The number of amides is 1. The Bertz CT molecular complexity index is 727. The standard InChI is InChI=1S/C20H22N2OS/c1-15-12-16(2)20(17(3)13-15)24-14-19(23)22(11-7-10-21)18-8-5-4-6-9-18/h4-6,8-9,12-13H,7,11,14H2,1-3H3. The minimum atomic E-state index is 0.0285. The average molecular weight is 338 g/mol. The number of carbonyl (C=O) groups excluding carboxylic acids is 1. The zero-order valence-corrected chi connectivity index (χ0v) is 15.2. The lowest BCUT2D eigenvalue weighted by Gasteiger charge is -2.22. The number of nitriles is 1. The maximum atomic E-state index is 12.7. The van der Waals surface area contributed by atoms with Gasteiger partial charge >= 0.3 is 0 Å². The molecule has 0 aliphatic carbocycles. The van der Waals surface area contributed by atoms with Crippen molar-refractivity contribution in [2.75, 3.05) is 17.2 Å². The summed E-state index contributed by atoms with van der Waals surface area (Å²) in [4.78, 5) is 15.6. The van der Waals surface area contributed by atoms with Crippen LogP contribution in [0.15, 0.2) is 47.4 Å². The van der Waals surface area contributed by atoms with Gasteiger partial charge in [0.25, 0.3) is 0 Å². The monoisotopic (exact) mass is 338 g/mol. The third kappa shape index (κ3) is 4.62. The topological polar surface area (TPSA) is 44.1 Å². The largest absolute Gasteiger partial charge is 0.311 e. The predicted octanol–water partition coefficient (Wildman–Crippen LogP) is 4.65. The molecular weight excluding hydrogens is 316 g/mol. The minimum Gasteiger partial charge on any atom is -0.311 e. The van der Waals surface area contributed by atoms with Crippen LogP contribution >= 0.6 is 11.8 Å². The lowest BCUT2D eigenvalue weighted by atomic mass is 10.1. The Labute approximate surface area is 148 Å². The van der Waals surface area contributed by atoms with Crippen LogP contribution in [0.25, 0.3) is 0 Å². The number of anilines is 1. The van der Waals surface area contributed by atoms with Gasteiger partial charge in [-0.2, -0.15) is 5.26 Å². The van der Waals surface area contributed by atoms with E-state index in [0.29, 0.717) is 18.7 Å². The van der Waals surface area contributed by atoms with Crippen LogP contribution in [0.3, 0.4) is 0 Å². The maximum absolute atomic E-state index is 12.7. The molecule has 2 aromatic carbocycles. The molecule has 0 aliphatic rings. The van der Waals surface area contributed by atoms with Crippen molar-refractivity contribution in [1.29, 1.82) is 5.26 Å². The second kappa shape index (κ2) is 8.56. The quantitative estimate of drug-likeness (QED) is 0.720. The maximum Gasteiger partial charge on any atom is 0.237 e. The summed E-state index contributed by atoms with van der Waals surface area (Å²) in [5.74, 6) is 0.395. The number of benzene rings is 2. The first-order valence-electron chi connectivity index (χ1n) is 7.96. The fraction of sp³-hybridized carbons (Fsp3) is 0.300. The highest BCUT2D eigenvalue weighted by Crippen LogP contribution is 2.28. The number of hydrogen-bond acceptors (Lipinski definition) is 3. The van der Waals surface area contributed by atoms with Gasteiger partial charge in [-0.1, -0.05) is 35.9 Å². The van der Waals surface area contributed by atoms with E-state index in [2.05, 4.69) is 39.0 Å². The van der Waals surface area contributed by atoms with Crippen molar-refractivity contribution in [1.82, 2.24) is 0 Å². The van der Waals surface area contributed by atoms with E-state index in [1.54, 1.807) is 16.7 Å². The Morgan fingerprint density at radius 1 is 1.12 bits per heavy atom. The molecule has 0 radical (unpaired) electrons. The number of nitrogens with zero attached hydrogens (tertiary/aromatic N) is 2. The van der Waals surface area contributed by atoms with Gasteiger partial charge in [0, 0.05) is 17.1 Å². The summed E-state index contributed by atoms with van der Waals surface area (Å²) in [6.07, 6.45) is 0.327. The highest BCUT2D eigenvalue weighted by atomic mass is 32.2. The third-order valence-electron chi connectivity index (χ3n) is 3.76. The van der Waals surface area contributed by atoms with Crippen LogP contribution in [0.2, 0.25) is 0 Å². The number of carbonyl (C=O) groups is 1. The third-order valence-corrected chi connectivity index (χ3v) is 5.08. The molecule has 3 nitrogen and oxygen atoms in total. The van der Waals surface area contributed by atoms with Gasteiger partial charge in [0.05, 0.1) is 18.2 Å². The minimum absolute atomic E-state index is 0.0285. The molecule has 2 rings (SSSR count). The fourth-order valence-electron chi connectivity index (χ4n) is 2.77. The molecule has 4 heteroatoms. The average Bonchev–Trinajstić information content (AvgIpc) is 2.55. The number of para-hydroxylation sites is 1. The van der Waals surface area contributed by atoms with Crippen LogP contribution in [0.4, 0.5) is 5.69 Å². The summed E-state index contributed by atoms with van der Waals surface area (Å²) >= 11 is 1.57. The molecule has 0 spiro atoms. The van der Waals surface area contributed by atoms with Crippen LogP contribution < -0.4 is 4.90 Å².